The van der Waals surface area contributed by atoms with Gasteiger partial charge in [0.05, 0.1) is 6.61 Å². The molecule has 0 aliphatic carbocycles. The first-order chi connectivity index (χ1) is 8.59. The van der Waals surface area contributed by atoms with Gasteiger partial charge in [0.25, 0.3) is 0 Å². The Morgan fingerprint density at radius 1 is 1.28 bits per heavy atom. The van der Waals surface area contributed by atoms with E-state index in [-0.39, 0.29) is 0 Å². The first-order valence-corrected chi connectivity index (χ1v) is 6.61. The van der Waals surface area contributed by atoms with Crippen LogP contribution in [0.1, 0.15) is 25.8 Å². The Balaban J connectivity index is 2.23. The van der Waals surface area contributed by atoms with E-state index in [1.807, 2.05) is 24.3 Å². The van der Waals surface area contributed by atoms with Gasteiger partial charge in [0.15, 0.2) is 0 Å². The van der Waals surface area contributed by atoms with Crippen molar-refractivity contribution in [3.05, 3.63) is 29.8 Å². The molecule has 0 spiro atoms. The van der Waals surface area contributed by atoms with Gasteiger partial charge in [-0.3, -0.25) is 0 Å². The number of nitrogens with two attached hydrogens (primary N) is 1. The van der Waals surface area contributed by atoms with Crippen molar-refractivity contribution in [1.29, 1.82) is 0 Å². The fraction of sp³-hybridized carbons (Fsp3) is 0.500. The molecule has 0 fully saturated rings. The lowest BCUT2D eigenvalue weighted by molar-refractivity contribution is 0.0926. The molecule has 18 heavy (non-hydrogen) atoms. The average Bonchev–Trinajstić information content (AvgIpc) is 2.33. The molecule has 1 rings (SSSR count). The quantitative estimate of drug-likeness (QED) is 0.581. The molecule has 3 nitrogen and oxygen atoms in total. The highest BCUT2D eigenvalue weighted by atomic mass is 32.1. The lowest BCUT2D eigenvalue weighted by Crippen LogP contribution is -2.11. The molecule has 0 bridgehead atoms. The molecule has 0 saturated heterocycles. The highest BCUT2D eigenvalue weighted by molar-refractivity contribution is 7.80. The molecule has 4 heteroatoms. The van der Waals surface area contributed by atoms with E-state index < -0.39 is 0 Å². The van der Waals surface area contributed by atoms with Crippen LogP contribution in [0.25, 0.3) is 0 Å². The van der Waals surface area contributed by atoms with Crippen LogP contribution in [0.5, 0.6) is 5.75 Å². The first-order valence-electron chi connectivity index (χ1n) is 6.20. The maximum absolute atomic E-state index is 5.56. The van der Waals surface area contributed by atoms with E-state index in [1.165, 1.54) is 0 Å². The minimum Gasteiger partial charge on any atom is -0.491 e. The maximum Gasteiger partial charge on any atom is 0.120 e. The lowest BCUT2D eigenvalue weighted by Gasteiger charge is -2.09. The third kappa shape index (κ3) is 5.98. The van der Waals surface area contributed by atoms with Crippen molar-refractivity contribution in [1.82, 2.24) is 0 Å². The second-order valence-electron chi connectivity index (χ2n) is 4.54. The monoisotopic (exact) mass is 267 g/mol. The average molecular weight is 267 g/mol. The zero-order valence-corrected chi connectivity index (χ0v) is 11.8. The first kappa shape index (κ1) is 14.9. The van der Waals surface area contributed by atoms with Gasteiger partial charge in [-0.15, -0.1) is 0 Å². The van der Waals surface area contributed by atoms with Gasteiger partial charge in [0.1, 0.15) is 17.3 Å². The van der Waals surface area contributed by atoms with Gasteiger partial charge in [-0.2, -0.15) is 0 Å². The number of ether oxygens (including phenoxy) is 2. The molecule has 0 radical (unpaired) electrons. The summed E-state index contributed by atoms with van der Waals surface area (Å²) >= 11 is 4.91. The highest BCUT2D eigenvalue weighted by Crippen LogP contribution is 2.13. The predicted molar refractivity (Wildman–Crippen MR) is 78.1 cm³/mol. The van der Waals surface area contributed by atoms with Gasteiger partial charge < -0.3 is 15.2 Å². The van der Waals surface area contributed by atoms with Crippen LogP contribution >= 0.6 is 12.2 Å². The molecule has 0 atom stereocenters. The SMILES string of the molecule is CC(C)CCOCCOc1cccc(C(N)=S)c1. The summed E-state index contributed by atoms with van der Waals surface area (Å²) in [7, 11) is 0. The molecule has 100 valence electrons. The summed E-state index contributed by atoms with van der Waals surface area (Å²) in [6, 6.07) is 7.48. The summed E-state index contributed by atoms with van der Waals surface area (Å²) in [6.07, 6.45) is 1.08. The molecule has 2 N–H and O–H groups in total. The van der Waals surface area contributed by atoms with Crippen LogP contribution in [0.2, 0.25) is 0 Å². The largest absolute Gasteiger partial charge is 0.491 e. The van der Waals surface area contributed by atoms with Crippen LogP contribution < -0.4 is 10.5 Å². The Hall–Kier alpha value is -1.13. The summed E-state index contributed by atoms with van der Waals surface area (Å²) in [6.45, 7) is 6.29. The van der Waals surface area contributed by atoms with E-state index in [2.05, 4.69) is 13.8 Å². The number of hydrogen-bond acceptors (Lipinski definition) is 3. The standard InChI is InChI=1S/C14H21NO2S/c1-11(2)6-7-16-8-9-17-13-5-3-4-12(10-13)14(15)18/h3-5,10-11H,6-9H2,1-2H3,(H2,15,18). The zero-order chi connectivity index (χ0) is 13.4. The van der Waals surface area contributed by atoms with Crippen LogP contribution in [0.15, 0.2) is 24.3 Å². The number of hydrogen-bond donors (Lipinski definition) is 1. The fourth-order valence-corrected chi connectivity index (χ4v) is 1.51. The third-order valence-electron chi connectivity index (χ3n) is 2.45. The van der Waals surface area contributed by atoms with E-state index in [0.29, 0.717) is 24.1 Å². The van der Waals surface area contributed by atoms with Gasteiger partial charge in [-0.1, -0.05) is 38.2 Å². The molecule has 0 unspecified atom stereocenters. The maximum atomic E-state index is 5.56. The molecule has 0 aromatic heterocycles. The second kappa shape index (κ2) is 8.06. The van der Waals surface area contributed by atoms with Crippen molar-refractivity contribution in [3.63, 3.8) is 0 Å². The van der Waals surface area contributed by atoms with Crippen molar-refractivity contribution in [2.24, 2.45) is 11.7 Å². The van der Waals surface area contributed by atoms with Crippen molar-refractivity contribution in [2.45, 2.75) is 20.3 Å². The van der Waals surface area contributed by atoms with Crippen molar-refractivity contribution in [3.8, 4) is 5.75 Å². The number of benzene rings is 1. The summed E-state index contributed by atoms with van der Waals surface area (Å²) in [5.41, 5.74) is 6.38. The van der Waals surface area contributed by atoms with Crippen LogP contribution in [0, 0.1) is 5.92 Å². The van der Waals surface area contributed by atoms with Crippen molar-refractivity contribution >= 4 is 17.2 Å². The number of rotatable bonds is 8. The molecule has 0 amide bonds. The molecule has 1 aromatic carbocycles. The molecular formula is C14H21NO2S. The Morgan fingerprint density at radius 3 is 2.72 bits per heavy atom. The summed E-state index contributed by atoms with van der Waals surface area (Å²) in [4.78, 5) is 0.383. The molecular weight excluding hydrogens is 246 g/mol. The van der Waals surface area contributed by atoms with E-state index in [1.54, 1.807) is 0 Å². The Bertz CT molecular complexity index is 380. The Morgan fingerprint density at radius 2 is 2.06 bits per heavy atom. The molecule has 0 saturated carbocycles. The Kier molecular flexibility index (Phi) is 6.68. The topological polar surface area (TPSA) is 44.5 Å². The van der Waals surface area contributed by atoms with E-state index >= 15 is 0 Å². The lowest BCUT2D eigenvalue weighted by atomic mass is 10.1. The molecule has 0 aliphatic rings. The van der Waals surface area contributed by atoms with E-state index in [0.717, 1.165) is 24.3 Å². The second-order valence-corrected chi connectivity index (χ2v) is 4.98. The van der Waals surface area contributed by atoms with Gasteiger partial charge >= 0.3 is 0 Å². The Labute approximate surface area is 114 Å². The van der Waals surface area contributed by atoms with Gasteiger partial charge in [0.2, 0.25) is 0 Å². The van der Waals surface area contributed by atoms with Gasteiger partial charge in [0, 0.05) is 12.2 Å². The molecule has 0 aliphatic heterocycles. The van der Waals surface area contributed by atoms with E-state index in [9.17, 15) is 0 Å². The van der Waals surface area contributed by atoms with Gasteiger partial charge in [-0.25, -0.2) is 0 Å². The predicted octanol–water partition coefficient (Wildman–Crippen LogP) is 2.76. The fourth-order valence-electron chi connectivity index (χ4n) is 1.38. The molecule has 0 heterocycles. The summed E-state index contributed by atoms with van der Waals surface area (Å²) in [5.74, 6) is 1.45. The highest BCUT2D eigenvalue weighted by Gasteiger charge is 1.99. The zero-order valence-electron chi connectivity index (χ0n) is 11.0. The van der Waals surface area contributed by atoms with Gasteiger partial charge in [-0.05, 0) is 24.5 Å². The minimum atomic E-state index is 0.383. The van der Waals surface area contributed by atoms with Crippen molar-refractivity contribution in [2.75, 3.05) is 19.8 Å². The molecule has 1 aromatic rings. The van der Waals surface area contributed by atoms with Crippen LogP contribution in [-0.2, 0) is 4.74 Å². The number of thiocarbonyl (C=S) groups is 1. The van der Waals surface area contributed by atoms with Crippen molar-refractivity contribution < 1.29 is 9.47 Å². The summed E-state index contributed by atoms with van der Waals surface area (Å²) < 4.78 is 11.0. The van der Waals surface area contributed by atoms with Crippen LogP contribution in [0.3, 0.4) is 0 Å². The third-order valence-corrected chi connectivity index (χ3v) is 2.69. The normalized spacial score (nSPS) is 10.6. The summed E-state index contributed by atoms with van der Waals surface area (Å²) in [5, 5.41) is 0. The minimum absolute atomic E-state index is 0.383. The smallest absolute Gasteiger partial charge is 0.120 e. The van der Waals surface area contributed by atoms with Crippen LogP contribution in [0.4, 0.5) is 0 Å². The van der Waals surface area contributed by atoms with E-state index in [4.69, 9.17) is 27.4 Å². The van der Waals surface area contributed by atoms with Crippen LogP contribution in [-0.4, -0.2) is 24.8 Å².